The zero-order valence-corrected chi connectivity index (χ0v) is 3.96. The van der Waals surface area contributed by atoms with Crippen LogP contribution < -0.4 is 0 Å². The zero-order chi connectivity index (χ0) is 5.11. The Morgan fingerprint density at radius 2 is 2.00 bits per heavy atom. The quantitative estimate of drug-likeness (QED) is 0.384. The number of rotatable bonds is 0. The summed E-state index contributed by atoms with van der Waals surface area (Å²) in [6.45, 7) is 0.833. The zero-order valence-electron chi connectivity index (χ0n) is 3.96. The van der Waals surface area contributed by atoms with E-state index in [1.165, 1.54) is 0 Å². The van der Waals surface area contributed by atoms with Crippen molar-refractivity contribution >= 4 is 7.69 Å². The van der Waals surface area contributed by atoms with E-state index in [1.54, 1.807) is 0 Å². The maximum atomic E-state index is 8.66. The molecule has 0 atom stereocenters. The summed E-state index contributed by atoms with van der Waals surface area (Å²) in [6, 6.07) is 0. The highest BCUT2D eigenvalue weighted by Gasteiger charge is 2.09. The SMILES string of the molecule is OC1COBOC1. The lowest BCUT2D eigenvalue weighted by molar-refractivity contribution is 0.0158. The van der Waals surface area contributed by atoms with E-state index in [0.717, 1.165) is 0 Å². The van der Waals surface area contributed by atoms with E-state index in [9.17, 15) is 0 Å². The second-order valence-corrected chi connectivity index (χ2v) is 1.51. The van der Waals surface area contributed by atoms with Gasteiger partial charge in [-0.05, 0) is 0 Å². The molecule has 0 aromatic heterocycles. The molecule has 0 saturated carbocycles. The molecule has 0 radical (unpaired) electrons. The summed E-state index contributed by atoms with van der Waals surface area (Å²) in [4.78, 5) is 0. The molecule has 7 heavy (non-hydrogen) atoms. The Morgan fingerprint density at radius 1 is 1.43 bits per heavy atom. The van der Waals surface area contributed by atoms with Crippen LogP contribution in [0.15, 0.2) is 0 Å². The Kier molecular flexibility index (Phi) is 1.67. The largest absolute Gasteiger partial charge is 0.438 e. The van der Waals surface area contributed by atoms with Gasteiger partial charge in [-0.1, -0.05) is 0 Å². The fourth-order valence-electron chi connectivity index (χ4n) is 0.475. The molecule has 1 N–H and O–H groups in total. The van der Waals surface area contributed by atoms with Crippen LogP contribution in [0.2, 0.25) is 0 Å². The molecule has 1 aliphatic heterocycles. The molecule has 3 nitrogen and oxygen atoms in total. The first-order valence-electron chi connectivity index (χ1n) is 2.23. The van der Waals surface area contributed by atoms with Gasteiger partial charge < -0.3 is 14.4 Å². The summed E-state index contributed by atoms with van der Waals surface area (Å²) in [5.41, 5.74) is 0. The van der Waals surface area contributed by atoms with Crippen LogP contribution in [0.3, 0.4) is 0 Å². The molecule has 0 aromatic carbocycles. The normalized spacial score (nSPS) is 24.1. The van der Waals surface area contributed by atoms with Gasteiger partial charge in [-0.25, -0.2) is 0 Å². The minimum absolute atomic E-state index is 0.330. The number of hydrogen-bond donors (Lipinski definition) is 1. The topological polar surface area (TPSA) is 38.7 Å². The molecule has 0 aromatic rings. The highest BCUT2D eigenvalue weighted by atomic mass is 16.6. The van der Waals surface area contributed by atoms with Crippen LogP contribution in [0.5, 0.6) is 0 Å². The van der Waals surface area contributed by atoms with E-state index >= 15 is 0 Å². The van der Waals surface area contributed by atoms with Crippen molar-refractivity contribution in [3.8, 4) is 0 Å². The van der Waals surface area contributed by atoms with E-state index in [2.05, 4.69) is 0 Å². The average Bonchev–Trinajstić information content (AvgIpc) is 1.69. The van der Waals surface area contributed by atoms with Crippen molar-refractivity contribution < 1.29 is 14.4 Å². The summed E-state index contributed by atoms with van der Waals surface area (Å²) in [5, 5.41) is 8.66. The van der Waals surface area contributed by atoms with Crippen molar-refractivity contribution in [1.82, 2.24) is 0 Å². The van der Waals surface area contributed by atoms with Crippen molar-refractivity contribution in [1.29, 1.82) is 0 Å². The Morgan fingerprint density at radius 3 is 2.29 bits per heavy atom. The van der Waals surface area contributed by atoms with Crippen LogP contribution in [0.1, 0.15) is 0 Å². The van der Waals surface area contributed by atoms with Gasteiger partial charge in [0, 0.05) is 0 Å². The maximum absolute atomic E-state index is 8.66. The van der Waals surface area contributed by atoms with Gasteiger partial charge in [-0.3, -0.25) is 0 Å². The van der Waals surface area contributed by atoms with E-state index in [-0.39, 0.29) is 0 Å². The van der Waals surface area contributed by atoms with Gasteiger partial charge in [0.15, 0.2) is 0 Å². The summed E-state index contributed by atoms with van der Waals surface area (Å²) in [7, 11) is 0.330. The molecule has 1 saturated heterocycles. The Balaban J connectivity index is 2.12. The van der Waals surface area contributed by atoms with Gasteiger partial charge in [0.1, 0.15) is 0 Å². The molecule has 1 heterocycles. The van der Waals surface area contributed by atoms with E-state index < -0.39 is 6.10 Å². The van der Waals surface area contributed by atoms with E-state index in [1.807, 2.05) is 0 Å². The van der Waals surface area contributed by atoms with Crippen LogP contribution in [0.25, 0.3) is 0 Å². The molecule has 1 rings (SSSR count). The highest BCUT2D eigenvalue weighted by molar-refractivity contribution is 6.18. The molecule has 1 aliphatic rings. The summed E-state index contributed by atoms with van der Waals surface area (Å²) < 4.78 is 9.42. The van der Waals surface area contributed by atoms with Gasteiger partial charge in [-0.15, -0.1) is 0 Å². The van der Waals surface area contributed by atoms with Crippen LogP contribution >= 0.6 is 0 Å². The van der Waals surface area contributed by atoms with Crippen LogP contribution in [0.4, 0.5) is 0 Å². The first kappa shape index (κ1) is 5.09. The molecule has 4 heteroatoms. The van der Waals surface area contributed by atoms with Crippen LogP contribution in [-0.2, 0) is 9.31 Å². The second-order valence-electron chi connectivity index (χ2n) is 1.51. The summed E-state index contributed by atoms with van der Waals surface area (Å²) in [5.74, 6) is 0. The summed E-state index contributed by atoms with van der Waals surface area (Å²) in [6.07, 6.45) is -0.409. The van der Waals surface area contributed by atoms with Crippen molar-refractivity contribution in [3.05, 3.63) is 0 Å². The van der Waals surface area contributed by atoms with Gasteiger partial charge in [0.2, 0.25) is 0 Å². The average molecular weight is 102 g/mol. The molecule has 0 aliphatic carbocycles. The van der Waals surface area contributed by atoms with Gasteiger partial charge >= 0.3 is 7.69 Å². The first-order chi connectivity index (χ1) is 3.39. The second kappa shape index (κ2) is 2.30. The highest BCUT2D eigenvalue weighted by Crippen LogP contribution is 1.91. The monoisotopic (exact) mass is 102 g/mol. The fourth-order valence-corrected chi connectivity index (χ4v) is 0.475. The lowest BCUT2D eigenvalue weighted by Gasteiger charge is -2.15. The van der Waals surface area contributed by atoms with Crippen molar-refractivity contribution in [2.75, 3.05) is 13.2 Å². The van der Waals surface area contributed by atoms with E-state index in [0.29, 0.717) is 20.9 Å². The van der Waals surface area contributed by atoms with Crippen molar-refractivity contribution in [3.63, 3.8) is 0 Å². The lowest BCUT2D eigenvalue weighted by atomic mass is 10.3. The predicted octanol–water partition coefficient (Wildman–Crippen LogP) is -1.34. The van der Waals surface area contributed by atoms with Crippen molar-refractivity contribution in [2.24, 2.45) is 0 Å². The summed E-state index contributed by atoms with van der Waals surface area (Å²) >= 11 is 0. The van der Waals surface area contributed by atoms with Crippen molar-refractivity contribution in [2.45, 2.75) is 6.10 Å². The molecule has 0 bridgehead atoms. The number of hydrogen-bond acceptors (Lipinski definition) is 3. The smallest absolute Gasteiger partial charge is 0.411 e. The van der Waals surface area contributed by atoms with Crippen LogP contribution in [0, 0.1) is 0 Å². The Labute approximate surface area is 42.5 Å². The van der Waals surface area contributed by atoms with Crippen LogP contribution in [-0.4, -0.2) is 32.1 Å². The number of aliphatic hydroxyl groups excluding tert-OH is 1. The molecule has 0 amide bonds. The minimum atomic E-state index is -0.409. The third kappa shape index (κ3) is 1.47. The molecular weight excluding hydrogens is 94.8 g/mol. The number of aliphatic hydroxyl groups is 1. The standard InChI is InChI=1S/C3H7BO3/c5-3-1-6-4-7-2-3/h3-5H,1-2H2. The maximum Gasteiger partial charge on any atom is 0.438 e. The fraction of sp³-hybridized carbons (Fsp3) is 1.00. The molecule has 1 fully saturated rings. The van der Waals surface area contributed by atoms with E-state index in [4.69, 9.17) is 14.4 Å². The predicted molar refractivity (Wildman–Crippen MR) is 25.1 cm³/mol. The molecule has 0 unspecified atom stereocenters. The molecule has 40 valence electrons. The Bertz CT molecular complexity index is 52.1. The molecular formula is C3H7BO3. The minimum Gasteiger partial charge on any atom is -0.411 e. The van der Waals surface area contributed by atoms with Gasteiger partial charge in [0.05, 0.1) is 19.3 Å². The molecule has 0 spiro atoms. The van der Waals surface area contributed by atoms with Gasteiger partial charge in [-0.2, -0.15) is 0 Å². The Hall–Kier alpha value is -0.0551. The lowest BCUT2D eigenvalue weighted by Crippen LogP contribution is -2.30. The third-order valence-corrected chi connectivity index (χ3v) is 0.787. The first-order valence-corrected chi connectivity index (χ1v) is 2.23. The van der Waals surface area contributed by atoms with Gasteiger partial charge in [0.25, 0.3) is 0 Å². The third-order valence-electron chi connectivity index (χ3n) is 0.787.